The summed E-state index contributed by atoms with van der Waals surface area (Å²) in [6.45, 7) is 0.394. The summed E-state index contributed by atoms with van der Waals surface area (Å²) in [6, 6.07) is 21.7. The van der Waals surface area contributed by atoms with Crippen LogP contribution in [-0.2, 0) is 17.8 Å². The molecule has 0 bridgehead atoms. The molecule has 0 radical (unpaired) electrons. The number of amides is 1. The van der Waals surface area contributed by atoms with Gasteiger partial charge < -0.3 is 5.32 Å². The summed E-state index contributed by atoms with van der Waals surface area (Å²) in [4.78, 5) is 12.2. The predicted molar refractivity (Wildman–Crippen MR) is 143 cm³/mol. The number of carbonyl (C=O) groups excluding carboxylic acids is 1. The Kier molecular flexibility index (Phi) is 9.39. The maximum absolute atomic E-state index is 13.0. The number of nitrogens with zero attached hydrogens (tertiary/aromatic N) is 3. The van der Waals surface area contributed by atoms with Crippen LogP contribution in [0, 0.1) is 5.82 Å². The van der Waals surface area contributed by atoms with Gasteiger partial charge in [0, 0.05) is 25.1 Å². The first kappa shape index (κ1) is 26.2. The number of nitrogens with one attached hydrogen (secondary N) is 1. The maximum atomic E-state index is 13.0. The molecule has 1 N–H and O–H groups in total. The molecule has 0 aliphatic rings. The number of thioether (sulfide) groups is 1. The minimum atomic E-state index is -0.287. The maximum Gasteiger partial charge on any atom is 0.220 e. The quantitative estimate of drug-likeness (QED) is 0.166. The third kappa shape index (κ3) is 7.32. The van der Waals surface area contributed by atoms with E-state index in [1.807, 2.05) is 34.9 Å². The second kappa shape index (κ2) is 12.9. The number of rotatable bonds is 11. The number of carbonyl (C=O) groups is 1. The molecule has 5 nitrogen and oxygen atoms in total. The number of unbranched alkanes of at least 4 members (excludes halogenated alkanes) is 1. The monoisotopic (exact) mass is 542 g/mol. The average molecular weight is 543 g/mol. The molecule has 0 spiro atoms. The van der Waals surface area contributed by atoms with Gasteiger partial charge >= 0.3 is 0 Å². The van der Waals surface area contributed by atoms with E-state index >= 15 is 0 Å². The molecule has 0 fully saturated rings. The lowest BCUT2D eigenvalue weighted by atomic mass is 10.1. The Morgan fingerprint density at radius 2 is 1.69 bits per heavy atom. The zero-order valence-electron chi connectivity index (χ0n) is 19.5. The molecule has 0 unspecified atom stereocenters. The molecule has 4 rings (SSSR count). The highest BCUT2D eigenvalue weighted by atomic mass is 35.5. The standard InChI is InChI=1S/C27H25Cl2FN4OS/c28-23-14-13-22(17-24(23)29)34-25(16-19-6-2-1-3-7-19)32-33-27(34)36-15-5-4-8-26(35)31-18-20-9-11-21(30)12-10-20/h1-3,6-7,9-14,17H,4-5,8,15-16,18H2,(H,31,35). The van der Waals surface area contributed by atoms with Gasteiger partial charge in [0.15, 0.2) is 5.16 Å². The van der Waals surface area contributed by atoms with E-state index in [-0.39, 0.29) is 11.7 Å². The van der Waals surface area contributed by atoms with Gasteiger partial charge in [-0.1, -0.05) is 77.4 Å². The summed E-state index contributed by atoms with van der Waals surface area (Å²) in [5.41, 5.74) is 2.85. The first-order chi connectivity index (χ1) is 17.5. The van der Waals surface area contributed by atoms with Crippen molar-refractivity contribution in [2.24, 2.45) is 0 Å². The average Bonchev–Trinajstić information content (AvgIpc) is 3.28. The van der Waals surface area contributed by atoms with E-state index < -0.39 is 0 Å². The van der Waals surface area contributed by atoms with Gasteiger partial charge in [-0.3, -0.25) is 9.36 Å². The number of benzene rings is 3. The van der Waals surface area contributed by atoms with E-state index in [9.17, 15) is 9.18 Å². The number of halogens is 3. The van der Waals surface area contributed by atoms with Crippen LogP contribution in [0.5, 0.6) is 0 Å². The molecule has 0 saturated heterocycles. The second-order valence-corrected chi connectivity index (χ2v) is 10.1. The van der Waals surface area contributed by atoms with Crippen molar-refractivity contribution in [2.75, 3.05) is 5.75 Å². The van der Waals surface area contributed by atoms with E-state index in [1.54, 1.807) is 30.0 Å². The molecule has 186 valence electrons. The molecule has 1 heterocycles. The van der Waals surface area contributed by atoms with Crippen molar-refractivity contribution in [3.8, 4) is 5.69 Å². The van der Waals surface area contributed by atoms with Crippen molar-refractivity contribution in [3.63, 3.8) is 0 Å². The Morgan fingerprint density at radius 1 is 0.917 bits per heavy atom. The lowest BCUT2D eigenvalue weighted by Gasteiger charge is -2.11. The van der Waals surface area contributed by atoms with E-state index in [1.165, 1.54) is 12.1 Å². The van der Waals surface area contributed by atoms with Crippen LogP contribution in [0.4, 0.5) is 4.39 Å². The van der Waals surface area contributed by atoms with Gasteiger partial charge in [-0.05, 0) is 54.3 Å². The molecule has 0 aliphatic carbocycles. The summed E-state index contributed by atoms with van der Waals surface area (Å²) in [5.74, 6) is 1.29. The van der Waals surface area contributed by atoms with Crippen LogP contribution in [0.2, 0.25) is 10.0 Å². The van der Waals surface area contributed by atoms with Crippen molar-refractivity contribution in [3.05, 3.63) is 106 Å². The van der Waals surface area contributed by atoms with E-state index in [4.69, 9.17) is 23.2 Å². The Hall–Kier alpha value is -2.87. The van der Waals surface area contributed by atoms with Crippen LogP contribution < -0.4 is 5.32 Å². The largest absolute Gasteiger partial charge is 0.352 e. The molecule has 36 heavy (non-hydrogen) atoms. The Labute approximate surface area is 224 Å². The SMILES string of the molecule is O=C(CCCCSc1nnc(Cc2ccccc2)n1-c1ccc(Cl)c(Cl)c1)NCc1ccc(F)cc1. The van der Waals surface area contributed by atoms with Gasteiger partial charge in [0.05, 0.1) is 15.7 Å². The topological polar surface area (TPSA) is 59.8 Å². The van der Waals surface area contributed by atoms with Gasteiger partial charge in [-0.25, -0.2) is 4.39 Å². The lowest BCUT2D eigenvalue weighted by Crippen LogP contribution is -2.22. The third-order valence-electron chi connectivity index (χ3n) is 5.50. The van der Waals surface area contributed by atoms with Crippen molar-refractivity contribution < 1.29 is 9.18 Å². The van der Waals surface area contributed by atoms with Crippen LogP contribution in [0.1, 0.15) is 36.2 Å². The summed E-state index contributed by atoms with van der Waals surface area (Å²) < 4.78 is 15.0. The first-order valence-corrected chi connectivity index (χ1v) is 13.3. The molecule has 0 saturated carbocycles. The number of hydrogen-bond acceptors (Lipinski definition) is 4. The zero-order chi connectivity index (χ0) is 25.3. The summed E-state index contributed by atoms with van der Waals surface area (Å²) >= 11 is 14.0. The molecule has 1 aromatic heterocycles. The Bertz CT molecular complexity index is 1300. The van der Waals surface area contributed by atoms with Crippen LogP contribution in [0.15, 0.2) is 78.0 Å². The molecule has 3 aromatic carbocycles. The van der Waals surface area contributed by atoms with Crippen molar-refractivity contribution >= 4 is 40.9 Å². The van der Waals surface area contributed by atoms with Crippen molar-refractivity contribution in [2.45, 2.75) is 37.4 Å². The summed E-state index contributed by atoms with van der Waals surface area (Å²) in [5, 5.41) is 13.5. The van der Waals surface area contributed by atoms with E-state index in [2.05, 4.69) is 27.6 Å². The molecular weight excluding hydrogens is 518 g/mol. The number of hydrogen-bond donors (Lipinski definition) is 1. The van der Waals surface area contributed by atoms with Gasteiger partial charge in [0.1, 0.15) is 11.6 Å². The molecule has 9 heteroatoms. The highest BCUT2D eigenvalue weighted by molar-refractivity contribution is 7.99. The highest BCUT2D eigenvalue weighted by Crippen LogP contribution is 2.29. The summed E-state index contributed by atoms with van der Waals surface area (Å²) in [7, 11) is 0. The fourth-order valence-corrected chi connectivity index (χ4v) is 4.87. The minimum Gasteiger partial charge on any atom is -0.352 e. The molecule has 0 atom stereocenters. The fourth-order valence-electron chi connectivity index (χ4n) is 3.61. The van der Waals surface area contributed by atoms with Crippen molar-refractivity contribution in [1.82, 2.24) is 20.1 Å². The fraction of sp³-hybridized carbons (Fsp3) is 0.222. The number of aromatic nitrogens is 3. The lowest BCUT2D eigenvalue weighted by molar-refractivity contribution is -0.121. The van der Waals surface area contributed by atoms with Crippen molar-refractivity contribution in [1.29, 1.82) is 0 Å². The molecule has 4 aromatic rings. The van der Waals surface area contributed by atoms with Crippen LogP contribution in [0.3, 0.4) is 0 Å². The van der Waals surface area contributed by atoms with E-state index in [0.29, 0.717) is 29.4 Å². The highest BCUT2D eigenvalue weighted by Gasteiger charge is 2.16. The normalized spacial score (nSPS) is 11.0. The van der Waals surface area contributed by atoms with Gasteiger partial charge in [-0.2, -0.15) is 0 Å². The molecule has 1 amide bonds. The Balaban J connectivity index is 1.33. The minimum absolute atomic E-state index is 0.0200. The second-order valence-electron chi connectivity index (χ2n) is 8.20. The smallest absolute Gasteiger partial charge is 0.220 e. The van der Waals surface area contributed by atoms with Gasteiger partial charge in [0.2, 0.25) is 5.91 Å². The van der Waals surface area contributed by atoms with Crippen LogP contribution >= 0.6 is 35.0 Å². The van der Waals surface area contributed by atoms with Gasteiger partial charge in [-0.15, -0.1) is 10.2 Å². The third-order valence-corrected chi connectivity index (χ3v) is 7.25. The van der Waals surface area contributed by atoms with Gasteiger partial charge in [0.25, 0.3) is 0 Å². The Morgan fingerprint density at radius 3 is 2.44 bits per heavy atom. The van der Waals surface area contributed by atoms with Crippen LogP contribution in [-0.4, -0.2) is 26.4 Å². The zero-order valence-corrected chi connectivity index (χ0v) is 21.8. The molecular formula is C27H25Cl2FN4OS. The molecule has 0 aliphatic heterocycles. The van der Waals surface area contributed by atoms with Crippen LogP contribution in [0.25, 0.3) is 5.69 Å². The first-order valence-electron chi connectivity index (χ1n) is 11.6. The predicted octanol–water partition coefficient (Wildman–Crippen LogP) is 6.88. The van der Waals surface area contributed by atoms with E-state index in [0.717, 1.165) is 46.4 Å². The summed E-state index contributed by atoms with van der Waals surface area (Å²) in [6.07, 6.45) is 2.65.